The summed E-state index contributed by atoms with van der Waals surface area (Å²) in [5, 5.41) is 3.26. The predicted molar refractivity (Wildman–Crippen MR) is 66.7 cm³/mol. The Hall–Kier alpha value is -1.46. The lowest BCUT2D eigenvalue weighted by molar-refractivity contribution is -0.119. The molecule has 0 atom stereocenters. The van der Waals surface area contributed by atoms with Crippen LogP contribution in [0.5, 0.6) is 0 Å². The summed E-state index contributed by atoms with van der Waals surface area (Å²) in [6, 6.07) is 1.73. The van der Waals surface area contributed by atoms with Crippen molar-refractivity contribution in [2.24, 2.45) is 0 Å². The third-order valence-electron chi connectivity index (χ3n) is 2.94. The summed E-state index contributed by atoms with van der Waals surface area (Å²) in [4.78, 5) is 18.0. The average molecular weight is 234 g/mol. The van der Waals surface area contributed by atoms with Gasteiger partial charge in [0.25, 0.3) is 0 Å². The average Bonchev–Trinajstić information content (AvgIpc) is 2.33. The van der Waals surface area contributed by atoms with Crippen LogP contribution >= 0.6 is 0 Å². The molecule has 0 bridgehead atoms. The van der Waals surface area contributed by atoms with Crippen molar-refractivity contribution >= 4 is 11.5 Å². The monoisotopic (exact) mass is 234 g/mol. The number of pyridine rings is 1. The Labute approximate surface area is 101 Å². The molecule has 1 aliphatic rings. The molecule has 0 radical (unpaired) electrons. The Kier molecular flexibility index (Phi) is 4.06. The molecule has 1 fully saturated rings. The van der Waals surface area contributed by atoms with E-state index in [0.29, 0.717) is 18.7 Å². The second-order valence-electron chi connectivity index (χ2n) is 4.32. The lowest BCUT2D eigenvalue weighted by Crippen LogP contribution is -2.45. The molecule has 2 heterocycles. The summed E-state index contributed by atoms with van der Waals surface area (Å²) in [5.74, 6) is 0.201. The Morgan fingerprint density at radius 3 is 2.94 bits per heavy atom. The molecule has 5 nitrogen and oxygen atoms in total. The van der Waals surface area contributed by atoms with Gasteiger partial charge in [-0.25, -0.2) is 0 Å². The smallest absolute Gasteiger partial charge is 0.151 e. The summed E-state index contributed by atoms with van der Waals surface area (Å²) in [6.07, 6.45) is 3.69. The summed E-state index contributed by atoms with van der Waals surface area (Å²) in [5.41, 5.74) is 7.26. The SMILES string of the molecule is Nc1ccncc1CC(=O)CN1CCNCC1. The van der Waals surface area contributed by atoms with Crippen LogP contribution in [-0.2, 0) is 11.2 Å². The molecule has 1 aliphatic heterocycles. The number of nitrogens with two attached hydrogens (primary N) is 1. The van der Waals surface area contributed by atoms with Gasteiger partial charge in [0.2, 0.25) is 0 Å². The molecule has 92 valence electrons. The van der Waals surface area contributed by atoms with Crippen molar-refractivity contribution in [3.05, 3.63) is 24.0 Å². The van der Waals surface area contributed by atoms with E-state index in [-0.39, 0.29) is 5.78 Å². The maximum absolute atomic E-state index is 11.9. The zero-order chi connectivity index (χ0) is 12.1. The molecule has 0 unspecified atom stereocenters. The van der Waals surface area contributed by atoms with E-state index in [4.69, 9.17) is 5.73 Å². The van der Waals surface area contributed by atoms with E-state index in [9.17, 15) is 4.79 Å². The highest BCUT2D eigenvalue weighted by Crippen LogP contribution is 2.10. The van der Waals surface area contributed by atoms with E-state index in [2.05, 4.69) is 15.2 Å². The van der Waals surface area contributed by atoms with Crippen LogP contribution in [0.1, 0.15) is 5.56 Å². The van der Waals surface area contributed by atoms with E-state index >= 15 is 0 Å². The Balaban J connectivity index is 1.86. The van der Waals surface area contributed by atoms with E-state index in [1.165, 1.54) is 0 Å². The van der Waals surface area contributed by atoms with Crippen LogP contribution in [0.15, 0.2) is 18.5 Å². The number of ketones is 1. The Morgan fingerprint density at radius 1 is 1.47 bits per heavy atom. The van der Waals surface area contributed by atoms with Gasteiger partial charge in [-0.2, -0.15) is 0 Å². The van der Waals surface area contributed by atoms with Gasteiger partial charge in [-0.1, -0.05) is 0 Å². The molecule has 3 N–H and O–H groups in total. The lowest BCUT2D eigenvalue weighted by Gasteiger charge is -2.26. The third-order valence-corrected chi connectivity index (χ3v) is 2.94. The van der Waals surface area contributed by atoms with Crippen molar-refractivity contribution in [1.82, 2.24) is 15.2 Å². The number of Topliss-reactive ketones (excluding diaryl/α,β-unsaturated/α-hetero) is 1. The number of carbonyl (C=O) groups is 1. The fourth-order valence-electron chi connectivity index (χ4n) is 1.97. The van der Waals surface area contributed by atoms with Crippen LogP contribution in [0, 0.1) is 0 Å². The first-order valence-electron chi connectivity index (χ1n) is 5.89. The van der Waals surface area contributed by atoms with Crippen molar-refractivity contribution in [2.45, 2.75) is 6.42 Å². The Bertz CT molecular complexity index is 388. The van der Waals surface area contributed by atoms with Crippen molar-refractivity contribution in [3.63, 3.8) is 0 Å². The quantitative estimate of drug-likeness (QED) is 0.747. The summed E-state index contributed by atoms with van der Waals surface area (Å²) in [6.45, 7) is 4.31. The van der Waals surface area contributed by atoms with Crippen LogP contribution in [-0.4, -0.2) is 48.4 Å². The largest absolute Gasteiger partial charge is 0.398 e. The molecule has 17 heavy (non-hydrogen) atoms. The number of nitrogens with one attached hydrogen (secondary N) is 1. The van der Waals surface area contributed by atoms with Crippen molar-refractivity contribution in [3.8, 4) is 0 Å². The number of carbonyl (C=O) groups excluding carboxylic acids is 1. The van der Waals surface area contributed by atoms with Gasteiger partial charge >= 0.3 is 0 Å². The maximum Gasteiger partial charge on any atom is 0.151 e. The summed E-state index contributed by atoms with van der Waals surface area (Å²) >= 11 is 0. The molecule has 1 aromatic rings. The minimum atomic E-state index is 0.201. The molecule has 1 aromatic heterocycles. The first-order valence-corrected chi connectivity index (χ1v) is 5.89. The number of anilines is 1. The predicted octanol–water partition coefficient (Wildman–Crippen LogP) is -0.319. The highest BCUT2D eigenvalue weighted by Gasteiger charge is 2.14. The first kappa shape index (κ1) is 12.0. The number of nitrogens with zero attached hydrogens (tertiary/aromatic N) is 2. The van der Waals surface area contributed by atoms with E-state index < -0.39 is 0 Å². The molecule has 0 aromatic carbocycles. The zero-order valence-electron chi connectivity index (χ0n) is 9.85. The van der Waals surface area contributed by atoms with Crippen molar-refractivity contribution in [1.29, 1.82) is 0 Å². The molecule has 0 saturated carbocycles. The second-order valence-corrected chi connectivity index (χ2v) is 4.32. The van der Waals surface area contributed by atoms with Gasteiger partial charge in [-0.15, -0.1) is 0 Å². The van der Waals surface area contributed by atoms with Gasteiger partial charge in [0, 0.05) is 56.2 Å². The fourth-order valence-corrected chi connectivity index (χ4v) is 1.97. The highest BCUT2D eigenvalue weighted by molar-refractivity contribution is 5.84. The second kappa shape index (κ2) is 5.75. The maximum atomic E-state index is 11.9. The zero-order valence-corrected chi connectivity index (χ0v) is 9.85. The van der Waals surface area contributed by atoms with Crippen LogP contribution in [0.3, 0.4) is 0 Å². The van der Waals surface area contributed by atoms with E-state index in [1.54, 1.807) is 18.5 Å². The highest BCUT2D eigenvalue weighted by atomic mass is 16.1. The molecular weight excluding hydrogens is 216 g/mol. The number of nitrogen functional groups attached to an aromatic ring is 1. The van der Waals surface area contributed by atoms with Gasteiger partial charge in [0.05, 0.1) is 6.54 Å². The third kappa shape index (κ3) is 3.51. The summed E-state index contributed by atoms with van der Waals surface area (Å²) < 4.78 is 0. The minimum Gasteiger partial charge on any atom is -0.398 e. The first-order chi connectivity index (χ1) is 8.25. The number of hydrogen-bond donors (Lipinski definition) is 2. The molecule has 1 saturated heterocycles. The van der Waals surface area contributed by atoms with Gasteiger partial charge < -0.3 is 11.1 Å². The molecule has 5 heteroatoms. The molecule has 0 amide bonds. The standard InChI is InChI=1S/C12H18N4O/c13-12-1-2-15-8-10(12)7-11(17)9-16-5-3-14-4-6-16/h1-2,8,14H,3-7,9H2,(H2,13,15). The van der Waals surface area contributed by atoms with Gasteiger partial charge in [-0.05, 0) is 6.07 Å². The minimum absolute atomic E-state index is 0.201. The van der Waals surface area contributed by atoms with Crippen molar-refractivity contribution in [2.75, 3.05) is 38.5 Å². The number of rotatable bonds is 4. The van der Waals surface area contributed by atoms with Crippen molar-refractivity contribution < 1.29 is 4.79 Å². The fraction of sp³-hybridized carbons (Fsp3) is 0.500. The number of piperazine rings is 1. The topological polar surface area (TPSA) is 71.2 Å². The van der Waals surface area contributed by atoms with E-state index in [0.717, 1.165) is 31.7 Å². The normalized spacial score (nSPS) is 16.9. The lowest BCUT2D eigenvalue weighted by atomic mass is 10.1. The van der Waals surface area contributed by atoms with Gasteiger partial charge in [0.1, 0.15) is 0 Å². The molecule has 2 rings (SSSR count). The van der Waals surface area contributed by atoms with Crippen LogP contribution in [0.4, 0.5) is 5.69 Å². The number of hydrogen-bond acceptors (Lipinski definition) is 5. The van der Waals surface area contributed by atoms with Gasteiger partial charge in [0.15, 0.2) is 5.78 Å². The Morgan fingerprint density at radius 2 is 2.24 bits per heavy atom. The molecule has 0 aliphatic carbocycles. The molecular formula is C12H18N4O. The van der Waals surface area contributed by atoms with Gasteiger partial charge in [-0.3, -0.25) is 14.7 Å². The summed E-state index contributed by atoms with van der Waals surface area (Å²) in [7, 11) is 0. The van der Waals surface area contributed by atoms with Crippen LogP contribution < -0.4 is 11.1 Å². The molecule has 0 spiro atoms. The van der Waals surface area contributed by atoms with Crippen LogP contribution in [0.2, 0.25) is 0 Å². The van der Waals surface area contributed by atoms with E-state index in [1.807, 2.05) is 0 Å². The van der Waals surface area contributed by atoms with Crippen LogP contribution in [0.25, 0.3) is 0 Å². The number of aromatic nitrogens is 1.